The topological polar surface area (TPSA) is 72.9 Å². The highest BCUT2D eigenvalue weighted by atomic mass is 32.2. The Morgan fingerprint density at radius 2 is 1.38 bits per heavy atom. The van der Waals surface area contributed by atoms with E-state index >= 15 is 0 Å². The van der Waals surface area contributed by atoms with Crippen LogP contribution in [0.3, 0.4) is 0 Å². The van der Waals surface area contributed by atoms with Crippen LogP contribution in [0.5, 0.6) is 5.75 Å². The SMILES string of the molecule is COc1ccc(C2C(OC(=O)C(C)(C)C)=CC([Si](C(C)C)(C(C)C)C(C)C)=C2N(C)S(=O)(=O)c2ccc(C)cc2)cc1. The molecule has 0 heterocycles. The molecular formula is C34H49NO5SSi. The maximum Gasteiger partial charge on any atom is 0.316 e. The van der Waals surface area contributed by atoms with E-state index in [9.17, 15) is 13.2 Å². The molecule has 0 fully saturated rings. The molecule has 0 spiro atoms. The lowest BCUT2D eigenvalue weighted by atomic mass is 9.95. The van der Waals surface area contributed by atoms with Crippen LogP contribution in [0.1, 0.15) is 79.4 Å². The number of esters is 1. The molecule has 2 aromatic rings. The fourth-order valence-electron chi connectivity index (χ4n) is 6.69. The Morgan fingerprint density at radius 1 is 0.881 bits per heavy atom. The molecule has 0 radical (unpaired) electrons. The predicted molar refractivity (Wildman–Crippen MR) is 174 cm³/mol. The molecule has 0 aromatic heterocycles. The van der Waals surface area contributed by atoms with E-state index in [0.29, 0.717) is 33.8 Å². The summed E-state index contributed by atoms with van der Waals surface area (Å²) in [6, 6.07) is 14.5. The lowest BCUT2D eigenvalue weighted by Crippen LogP contribution is -2.48. The standard InChI is InChI=1S/C34H49NO5SSi/c1-22(2)42(23(3)4,24(5)6)30-21-29(40-33(36)34(8,9)10)31(26-15-17-27(39-12)18-16-26)32(30)35(11)41(37,38)28-19-13-25(7)14-20-28/h13-24,31H,1-12H3. The van der Waals surface area contributed by atoms with Crippen LogP contribution < -0.4 is 4.74 Å². The molecule has 1 aliphatic carbocycles. The Labute approximate surface area is 254 Å². The van der Waals surface area contributed by atoms with Crippen molar-refractivity contribution >= 4 is 24.1 Å². The van der Waals surface area contributed by atoms with Gasteiger partial charge in [-0.15, -0.1) is 0 Å². The summed E-state index contributed by atoms with van der Waals surface area (Å²) in [4.78, 5) is 13.6. The lowest BCUT2D eigenvalue weighted by Gasteiger charge is -2.45. The summed E-state index contributed by atoms with van der Waals surface area (Å²) in [6.07, 6.45) is 2.02. The fourth-order valence-corrected chi connectivity index (χ4v) is 15.0. The minimum atomic E-state index is -3.94. The van der Waals surface area contributed by atoms with Gasteiger partial charge < -0.3 is 9.47 Å². The summed E-state index contributed by atoms with van der Waals surface area (Å²) >= 11 is 0. The number of hydrogen-bond acceptors (Lipinski definition) is 5. The zero-order valence-corrected chi connectivity index (χ0v) is 29.2. The Bertz CT molecular complexity index is 1420. The van der Waals surface area contributed by atoms with Gasteiger partial charge in [-0.1, -0.05) is 71.4 Å². The van der Waals surface area contributed by atoms with E-state index in [0.717, 1.165) is 16.3 Å². The largest absolute Gasteiger partial charge is 0.497 e. The third-order valence-electron chi connectivity index (χ3n) is 8.74. The third kappa shape index (κ3) is 6.11. The predicted octanol–water partition coefficient (Wildman–Crippen LogP) is 8.37. The maximum atomic E-state index is 14.3. The molecule has 1 aliphatic rings. The summed E-state index contributed by atoms with van der Waals surface area (Å²) in [6.45, 7) is 20.9. The Kier molecular flexibility index (Phi) is 9.94. The normalized spacial score (nSPS) is 16.4. The van der Waals surface area contributed by atoms with Crippen molar-refractivity contribution in [2.24, 2.45) is 5.41 Å². The zero-order valence-electron chi connectivity index (χ0n) is 27.4. The number of allylic oxidation sites excluding steroid dienone is 2. The monoisotopic (exact) mass is 611 g/mol. The van der Waals surface area contributed by atoms with Gasteiger partial charge >= 0.3 is 5.97 Å². The molecule has 230 valence electrons. The van der Waals surface area contributed by atoms with Crippen LogP contribution in [-0.2, 0) is 19.6 Å². The van der Waals surface area contributed by atoms with Crippen molar-refractivity contribution in [1.29, 1.82) is 0 Å². The Morgan fingerprint density at radius 3 is 1.81 bits per heavy atom. The molecule has 1 atom stereocenters. The van der Waals surface area contributed by atoms with Crippen molar-refractivity contribution in [2.75, 3.05) is 14.2 Å². The van der Waals surface area contributed by atoms with Crippen molar-refractivity contribution in [3.8, 4) is 5.75 Å². The first-order valence-corrected chi connectivity index (χ1v) is 18.5. The number of rotatable bonds is 10. The minimum Gasteiger partial charge on any atom is -0.497 e. The van der Waals surface area contributed by atoms with E-state index in [2.05, 4.69) is 41.5 Å². The molecule has 0 bridgehead atoms. The second-order valence-corrected chi connectivity index (χ2v) is 21.2. The summed E-state index contributed by atoms with van der Waals surface area (Å²) in [5, 5.41) is 1.03. The lowest BCUT2D eigenvalue weighted by molar-refractivity contribution is -0.148. The molecule has 0 amide bonds. The molecule has 6 nitrogen and oxygen atoms in total. The van der Waals surface area contributed by atoms with E-state index < -0.39 is 29.4 Å². The van der Waals surface area contributed by atoms with Crippen LogP contribution in [0, 0.1) is 12.3 Å². The first kappa shape index (κ1) is 33.7. The Hall–Kier alpha value is -2.84. The van der Waals surface area contributed by atoms with Gasteiger partial charge in [-0.2, -0.15) is 0 Å². The van der Waals surface area contributed by atoms with E-state index in [1.54, 1.807) is 26.3 Å². The van der Waals surface area contributed by atoms with Crippen LogP contribution in [0.2, 0.25) is 16.6 Å². The number of ether oxygens (including phenoxy) is 2. The molecular weight excluding hydrogens is 563 g/mol. The number of carbonyl (C=O) groups is 1. The van der Waals surface area contributed by atoms with E-state index in [1.165, 1.54) is 4.31 Å². The first-order valence-electron chi connectivity index (χ1n) is 14.8. The molecule has 42 heavy (non-hydrogen) atoms. The quantitative estimate of drug-likeness (QED) is 0.199. The highest BCUT2D eigenvalue weighted by molar-refractivity contribution is 7.89. The summed E-state index contributed by atoms with van der Waals surface area (Å²) < 4.78 is 41.8. The number of methoxy groups -OCH3 is 1. The van der Waals surface area contributed by atoms with Crippen molar-refractivity contribution in [3.05, 3.63) is 82.4 Å². The average Bonchev–Trinajstić information content (AvgIpc) is 3.26. The van der Waals surface area contributed by atoms with E-state index in [1.807, 2.05) is 70.2 Å². The highest BCUT2D eigenvalue weighted by Crippen LogP contribution is 2.55. The second kappa shape index (κ2) is 12.4. The smallest absolute Gasteiger partial charge is 0.316 e. The van der Waals surface area contributed by atoms with Crippen LogP contribution in [-0.4, -0.2) is 40.9 Å². The molecule has 8 heteroatoms. The van der Waals surface area contributed by atoms with Crippen LogP contribution in [0.4, 0.5) is 0 Å². The fraction of sp³-hybridized carbons (Fsp3) is 0.500. The van der Waals surface area contributed by atoms with Gasteiger partial charge in [-0.3, -0.25) is 9.10 Å². The van der Waals surface area contributed by atoms with Gasteiger partial charge in [0.1, 0.15) is 11.5 Å². The van der Waals surface area contributed by atoms with Gasteiger partial charge in [-0.25, -0.2) is 8.42 Å². The molecule has 0 aliphatic heterocycles. The number of benzene rings is 2. The number of carbonyl (C=O) groups excluding carboxylic acids is 1. The molecule has 1 unspecified atom stereocenters. The molecule has 3 rings (SSSR count). The zero-order chi connectivity index (χ0) is 31.8. The first-order chi connectivity index (χ1) is 19.4. The third-order valence-corrected chi connectivity index (χ3v) is 17.6. The molecule has 0 saturated heterocycles. The second-order valence-electron chi connectivity index (χ2n) is 13.4. The summed E-state index contributed by atoms with van der Waals surface area (Å²) in [7, 11) is -3.15. The number of aryl methyl sites for hydroxylation is 1. The van der Waals surface area contributed by atoms with Crippen LogP contribution >= 0.6 is 0 Å². The number of likely N-dealkylation sites (N-methyl/N-ethyl adjacent to an activating group) is 1. The van der Waals surface area contributed by atoms with Gasteiger partial charge in [0, 0.05) is 12.7 Å². The summed E-state index contributed by atoms with van der Waals surface area (Å²) in [5.74, 6) is 0.207. The van der Waals surface area contributed by atoms with Gasteiger partial charge in [0.25, 0.3) is 10.0 Å². The number of nitrogens with zero attached hydrogens (tertiary/aromatic N) is 1. The molecule has 2 aromatic carbocycles. The average molecular weight is 612 g/mol. The van der Waals surface area contributed by atoms with Gasteiger partial charge in [0.05, 0.1) is 31.4 Å². The van der Waals surface area contributed by atoms with E-state index in [-0.39, 0.29) is 10.9 Å². The van der Waals surface area contributed by atoms with Crippen molar-refractivity contribution < 1.29 is 22.7 Å². The molecule has 0 N–H and O–H groups in total. The van der Waals surface area contributed by atoms with Crippen LogP contribution in [0.15, 0.2) is 76.2 Å². The van der Waals surface area contributed by atoms with E-state index in [4.69, 9.17) is 9.47 Å². The highest BCUT2D eigenvalue weighted by Gasteiger charge is 2.52. The van der Waals surface area contributed by atoms with Gasteiger partial charge in [-0.05, 0) is 85.4 Å². The Balaban J connectivity index is 2.44. The van der Waals surface area contributed by atoms with Crippen molar-refractivity contribution in [3.63, 3.8) is 0 Å². The van der Waals surface area contributed by atoms with Crippen LogP contribution in [0.25, 0.3) is 0 Å². The van der Waals surface area contributed by atoms with Gasteiger partial charge in [0.15, 0.2) is 0 Å². The minimum absolute atomic E-state index is 0.224. The summed E-state index contributed by atoms with van der Waals surface area (Å²) in [5.41, 5.74) is 2.63. The number of hydrogen-bond donors (Lipinski definition) is 0. The van der Waals surface area contributed by atoms with Gasteiger partial charge in [0.2, 0.25) is 0 Å². The number of sulfonamides is 1. The molecule has 0 saturated carbocycles. The van der Waals surface area contributed by atoms with Crippen molar-refractivity contribution in [2.45, 2.75) is 96.7 Å². The van der Waals surface area contributed by atoms with Crippen molar-refractivity contribution in [1.82, 2.24) is 4.31 Å². The maximum absolute atomic E-state index is 14.3.